The monoisotopic (exact) mass is 459 g/mol. The van der Waals surface area contributed by atoms with Gasteiger partial charge in [-0.3, -0.25) is 14.4 Å². The second-order valence-electron chi connectivity index (χ2n) is 4.38. The number of esters is 1. The highest BCUT2D eigenvalue weighted by molar-refractivity contribution is 9.11. The molecule has 0 saturated carbocycles. The first kappa shape index (κ1) is 17.8. The zero-order valence-corrected chi connectivity index (χ0v) is 15.7. The first-order valence-electron chi connectivity index (χ1n) is 6.43. The second kappa shape index (κ2) is 8.37. The molecule has 1 N–H and O–H groups in total. The Kier molecular flexibility index (Phi) is 6.49. The summed E-state index contributed by atoms with van der Waals surface area (Å²) in [7, 11) is 0. The zero-order chi connectivity index (χ0) is 16.8. The molecule has 2 aromatic rings. The number of thiophene rings is 1. The summed E-state index contributed by atoms with van der Waals surface area (Å²) < 4.78 is 6.54. The molecular weight excluding hydrogens is 450 g/mol. The van der Waals surface area contributed by atoms with E-state index in [1.807, 2.05) is 0 Å². The number of hydrogen-bond donors (Lipinski definition) is 1. The van der Waals surface area contributed by atoms with E-state index in [2.05, 4.69) is 37.2 Å². The zero-order valence-electron chi connectivity index (χ0n) is 11.7. The number of carbonyl (C=O) groups excluding carboxylic acids is 3. The second-order valence-corrected chi connectivity index (χ2v) is 7.76. The summed E-state index contributed by atoms with van der Waals surface area (Å²) in [5.74, 6) is -1.34. The molecule has 120 valence electrons. The van der Waals surface area contributed by atoms with E-state index in [0.717, 1.165) is 8.26 Å². The molecule has 8 heteroatoms. The molecule has 0 fully saturated rings. The Morgan fingerprint density at radius 1 is 1.04 bits per heavy atom. The third kappa shape index (κ3) is 5.56. The SMILES string of the molecule is O=C(CNC(=O)c1ccc(Br)cc1)OCC(=O)c1ccc(Br)s1. The molecule has 0 bridgehead atoms. The van der Waals surface area contributed by atoms with Gasteiger partial charge in [0.15, 0.2) is 6.61 Å². The van der Waals surface area contributed by atoms with Crippen LogP contribution in [0.3, 0.4) is 0 Å². The summed E-state index contributed by atoms with van der Waals surface area (Å²) in [4.78, 5) is 35.7. The molecule has 2 rings (SSSR count). The largest absolute Gasteiger partial charge is 0.456 e. The lowest BCUT2D eigenvalue weighted by Gasteiger charge is -2.06. The topological polar surface area (TPSA) is 72.5 Å². The molecule has 1 aromatic heterocycles. The predicted molar refractivity (Wildman–Crippen MR) is 93.8 cm³/mol. The van der Waals surface area contributed by atoms with Gasteiger partial charge in [0, 0.05) is 10.0 Å². The van der Waals surface area contributed by atoms with Crippen LogP contribution in [0.5, 0.6) is 0 Å². The summed E-state index contributed by atoms with van der Waals surface area (Å²) in [5, 5.41) is 2.44. The van der Waals surface area contributed by atoms with Gasteiger partial charge in [-0.05, 0) is 52.3 Å². The number of hydrogen-bond acceptors (Lipinski definition) is 5. The van der Waals surface area contributed by atoms with Gasteiger partial charge in [-0.2, -0.15) is 0 Å². The number of halogens is 2. The minimum Gasteiger partial charge on any atom is -0.456 e. The van der Waals surface area contributed by atoms with Crippen molar-refractivity contribution in [2.24, 2.45) is 0 Å². The van der Waals surface area contributed by atoms with Crippen LogP contribution in [0.4, 0.5) is 0 Å². The maximum Gasteiger partial charge on any atom is 0.325 e. The van der Waals surface area contributed by atoms with Crippen LogP contribution in [-0.4, -0.2) is 30.8 Å². The van der Waals surface area contributed by atoms with Crippen molar-refractivity contribution in [2.45, 2.75) is 0 Å². The molecule has 23 heavy (non-hydrogen) atoms. The van der Waals surface area contributed by atoms with Gasteiger partial charge in [-0.15, -0.1) is 11.3 Å². The number of rotatable bonds is 6. The van der Waals surface area contributed by atoms with Crippen molar-refractivity contribution in [1.82, 2.24) is 5.32 Å². The Hall–Kier alpha value is -1.51. The maximum absolute atomic E-state index is 11.8. The number of carbonyl (C=O) groups is 3. The number of Topliss-reactive ketones (excluding diaryl/α,β-unsaturated/α-hetero) is 1. The molecule has 0 aliphatic carbocycles. The average molecular weight is 461 g/mol. The third-order valence-corrected chi connectivity index (χ3v) is 4.91. The van der Waals surface area contributed by atoms with E-state index >= 15 is 0 Å². The molecule has 1 amide bonds. The van der Waals surface area contributed by atoms with Crippen molar-refractivity contribution < 1.29 is 19.1 Å². The van der Waals surface area contributed by atoms with E-state index in [-0.39, 0.29) is 24.8 Å². The van der Waals surface area contributed by atoms with E-state index in [1.165, 1.54) is 11.3 Å². The van der Waals surface area contributed by atoms with Crippen LogP contribution in [0, 0.1) is 0 Å². The average Bonchev–Trinajstić information content (AvgIpc) is 2.97. The lowest BCUT2D eigenvalue weighted by Crippen LogP contribution is -2.31. The summed E-state index contributed by atoms with van der Waals surface area (Å²) in [5.41, 5.74) is 0.431. The highest BCUT2D eigenvalue weighted by Crippen LogP contribution is 2.22. The van der Waals surface area contributed by atoms with Crippen molar-refractivity contribution in [1.29, 1.82) is 0 Å². The van der Waals surface area contributed by atoms with Gasteiger partial charge in [-0.1, -0.05) is 15.9 Å². The van der Waals surface area contributed by atoms with Crippen molar-refractivity contribution in [3.63, 3.8) is 0 Å². The highest BCUT2D eigenvalue weighted by Gasteiger charge is 2.13. The molecule has 1 heterocycles. The Balaban J connectivity index is 1.75. The standard InChI is InChI=1S/C15H11Br2NO4S/c16-10-3-1-9(2-4-10)15(21)18-7-14(20)22-8-11(19)12-5-6-13(17)23-12/h1-6H,7-8H2,(H,18,21). The number of nitrogens with one attached hydrogen (secondary N) is 1. The molecule has 0 saturated heterocycles. The number of ether oxygens (including phenoxy) is 1. The molecular formula is C15H11Br2NO4S. The predicted octanol–water partition coefficient (Wildman–Crippen LogP) is 3.43. The summed E-state index contributed by atoms with van der Waals surface area (Å²) in [6.07, 6.45) is 0. The van der Waals surface area contributed by atoms with E-state index in [9.17, 15) is 14.4 Å². The molecule has 0 atom stereocenters. The van der Waals surface area contributed by atoms with Gasteiger partial charge < -0.3 is 10.1 Å². The van der Waals surface area contributed by atoms with E-state index in [4.69, 9.17) is 4.74 Å². The van der Waals surface area contributed by atoms with Crippen molar-refractivity contribution in [3.05, 3.63) is 55.1 Å². The van der Waals surface area contributed by atoms with E-state index in [1.54, 1.807) is 36.4 Å². The third-order valence-electron chi connectivity index (χ3n) is 2.71. The van der Waals surface area contributed by atoms with Gasteiger partial charge in [0.05, 0.1) is 8.66 Å². The van der Waals surface area contributed by atoms with Gasteiger partial charge in [0.2, 0.25) is 5.78 Å². The number of benzene rings is 1. The van der Waals surface area contributed by atoms with Crippen molar-refractivity contribution >= 4 is 60.9 Å². The highest BCUT2D eigenvalue weighted by atomic mass is 79.9. The maximum atomic E-state index is 11.8. The van der Waals surface area contributed by atoms with Crippen LogP contribution in [0.15, 0.2) is 44.7 Å². The van der Waals surface area contributed by atoms with Crippen LogP contribution < -0.4 is 5.32 Å². The van der Waals surface area contributed by atoms with Gasteiger partial charge >= 0.3 is 5.97 Å². The van der Waals surface area contributed by atoms with Crippen LogP contribution in [0.1, 0.15) is 20.0 Å². The fourth-order valence-electron chi connectivity index (χ4n) is 1.59. The van der Waals surface area contributed by atoms with Crippen LogP contribution >= 0.6 is 43.2 Å². The molecule has 0 radical (unpaired) electrons. The summed E-state index contributed by atoms with van der Waals surface area (Å²) >= 11 is 7.79. The minimum absolute atomic E-state index is 0.284. The van der Waals surface area contributed by atoms with Gasteiger partial charge in [-0.25, -0.2) is 0 Å². The quantitative estimate of drug-likeness (QED) is 0.529. The van der Waals surface area contributed by atoms with Crippen molar-refractivity contribution in [3.8, 4) is 0 Å². The Morgan fingerprint density at radius 3 is 2.35 bits per heavy atom. The fourth-order valence-corrected chi connectivity index (χ4v) is 3.16. The molecule has 0 spiro atoms. The lowest BCUT2D eigenvalue weighted by molar-refractivity contribution is -0.141. The molecule has 0 aliphatic heterocycles. The summed E-state index contributed by atoms with van der Waals surface area (Å²) in [6, 6.07) is 10.1. The Bertz CT molecular complexity index is 727. The van der Waals surface area contributed by atoms with E-state index in [0.29, 0.717) is 10.4 Å². The number of ketones is 1. The summed E-state index contributed by atoms with van der Waals surface area (Å²) in [6.45, 7) is -0.643. The van der Waals surface area contributed by atoms with Gasteiger partial charge in [0.1, 0.15) is 6.54 Å². The fraction of sp³-hybridized carbons (Fsp3) is 0.133. The van der Waals surface area contributed by atoms with E-state index < -0.39 is 5.97 Å². The molecule has 5 nitrogen and oxygen atoms in total. The van der Waals surface area contributed by atoms with Gasteiger partial charge in [0.25, 0.3) is 5.91 Å². The van der Waals surface area contributed by atoms with Crippen molar-refractivity contribution in [2.75, 3.05) is 13.2 Å². The van der Waals surface area contributed by atoms with Crippen LogP contribution in [0.25, 0.3) is 0 Å². The number of amides is 1. The Morgan fingerprint density at radius 2 is 1.74 bits per heavy atom. The minimum atomic E-state index is -0.667. The van der Waals surface area contributed by atoms with Crippen LogP contribution in [0.2, 0.25) is 0 Å². The first-order valence-corrected chi connectivity index (χ1v) is 8.84. The van der Waals surface area contributed by atoms with Crippen LogP contribution in [-0.2, 0) is 9.53 Å². The smallest absolute Gasteiger partial charge is 0.325 e. The lowest BCUT2D eigenvalue weighted by atomic mass is 10.2. The Labute approximate surface area is 153 Å². The first-order chi connectivity index (χ1) is 11.0. The molecule has 1 aromatic carbocycles. The normalized spacial score (nSPS) is 10.2. The molecule has 0 unspecified atom stereocenters. The molecule has 0 aliphatic rings.